The minimum Gasteiger partial charge on any atom is -0.493 e. The van der Waals surface area contributed by atoms with Crippen LogP contribution in [0.4, 0.5) is 11.4 Å². The molecule has 0 spiro atoms. The third-order valence-electron chi connectivity index (χ3n) is 3.96. The molecular weight excluding hydrogens is 364 g/mol. The topological polar surface area (TPSA) is 71.9 Å². The standard InChI is InChI=1S/C20H20N2O4S/c1-3-26-18-8-7-16(10-19(18)25-2)22(12-17-11-21-13-27-17)15-6-4-5-14(9-15)20(23)24/h4-11,13H,3,12H2,1-2H3,(H,23,24). The van der Waals surface area contributed by atoms with Gasteiger partial charge in [-0.25, -0.2) is 4.79 Å². The summed E-state index contributed by atoms with van der Waals surface area (Å²) in [5.41, 5.74) is 3.65. The summed E-state index contributed by atoms with van der Waals surface area (Å²) in [5.74, 6) is 0.331. The minimum absolute atomic E-state index is 0.236. The largest absolute Gasteiger partial charge is 0.493 e. The number of ether oxygens (including phenoxy) is 2. The molecule has 0 atom stereocenters. The third kappa shape index (κ3) is 4.38. The summed E-state index contributed by atoms with van der Waals surface area (Å²) in [7, 11) is 1.60. The first-order chi connectivity index (χ1) is 13.1. The molecule has 0 saturated carbocycles. The molecule has 3 aromatic rings. The number of hydrogen-bond donors (Lipinski definition) is 1. The van der Waals surface area contributed by atoms with E-state index in [1.807, 2.05) is 42.3 Å². The SMILES string of the molecule is CCOc1ccc(N(Cc2cncs2)c2cccc(C(=O)O)c2)cc1OC. The summed E-state index contributed by atoms with van der Waals surface area (Å²) in [6, 6.07) is 12.5. The molecule has 1 heterocycles. The average molecular weight is 384 g/mol. The highest BCUT2D eigenvalue weighted by Crippen LogP contribution is 2.36. The van der Waals surface area contributed by atoms with Gasteiger partial charge in [-0.1, -0.05) is 6.07 Å². The van der Waals surface area contributed by atoms with Crippen LogP contribution in [0.1, 0.15) is 22.2 Å². The molecular formula is C20H20N2O4S. The molecule has 1 N–H and O–H groups in total. The van der Waals surface area contributed by atoms with Crippen molar-refractivity contribution >= 4 is 28.7 Å². The lowest BCUT2D eigenvalue weighted by Crippen LogP contribution is -2.16. The fourth-order valence-electron chi connectivity index (χ4n) is 2.71. The number of carboxylic acid groups (broad SMARTS) is 1. The van der Waals surface area contributed by atoms with E-state index in [1.165, 1.54) is 0 Å². The highest BCUT2D eigenvalue weighted by molar-refractivity contribution is 7.09. The fourth-order valence-corrected chi connectivity index (χ4v) is 3.30. The number of rotatable bonds is 8. The van der Waals surface area contributed by atoms with E-state index in [2.05, 4.69) is 4.98 Å². The van der Waals surface area contributed by atoms with Gasteiger partial charge < -0.3 is 19.5 Å². The molecule has 3 rings (SSSR count). The quantitative estimate of drug-likeness (QED) is 0.613. The van der Waals surface area contributed by atoms with Gasteiger partial charge in [-0.3, -0.25) is 4.98 Å². The molecule has 0 unspecified atom stereocenters. The van der Waals surface area contributed by atoms with Gasteiger partial charge in [0.05, 0.1) is 31.3 Å². The number of hydrogen-bond acceptors (Lipinski definition) is 6. The molecule has 0 radical (unpaired) electrons. The molecule has 0 bridgehead atoms. The number of anilines is 2. The van der Waals surface area contributed by atoms with Crippen LogP contribution >= 0.6 is 11.3 Å². The molecule has 0 aliphatic heterocycles. The Labute approximate surface area is 161 Å². The molecule has 0 saturated heterocycles. The lowest BCUT2D eigenvalue weighted by molar-refractivity contribution is 0.0697. The maximum absolute atomic E-state index is 11.4. The molecule has 1 aromatic heterocycles. The van der Waals surface area contributed by atoms with Gasteiger partial charge in [-0.05, 0) is 37.3 Å². The summed E-state index contributed by atoms with van der Waals surface area (Å²) in [6.07, 6.45) is 1.81. The van der Waals surface area contributed by atoms with Crippen molar-refractivity contribution < 1.29 is 19.4 Å². The predicted molar refractivity (Wildman–Crippen MR) is 106 cm³/mol. The maximum atomic E-state index is 11.4. The Hall–Kier alpha value is -3.06. The summed E-state index contributed by atoms with van der Waals surface area (Å²) in [5, 5.41) is 9.33. The monoisotopic (exact) mass is 384 g/mol. The van der Waals surface area contributed by atoms with Gasteiger partial charge in [0.15, 0.2) is 11.5 Å². The van der Waals surface area contributed by atoms with Gasteiger partial charge in [-0.2, -0.15) is 0 Å². The minimum atomic E-state index is -0.959. The Morgan fingerprint density at radius 1 is 1.19 bits per heavy atom. The van der Waals surface area contributed by atoms with E-state index >= 15 is 0 Å². The first-order valence-electron chi connectivity index (χ1n) is 8.41. The second-order valence-corrected chi connectivity index (χ2v) is 6.65. The Bertz CT molecular complexity index is 912. The smallest absolute Gasteiger partial charge is 0.335 e. The van der Waals surface area contributed by atoms with Crippen LogP contribution in [0.25, 0.3) is 0 Å². The molecule has 2 aromatic carbocycles. The Balaban J connectivity index is 2.04. The van der Waals surface area contributed by atoms with Crippen LogP contribution in [-0.2, 0) is 6.54 Å². The first-order valence-corrected chi connectivity index (χ1v) is 9.29. The van der Waals surface area contributed by atoms with Crippen molar-refractivity contribution in [1.82, 2.24) is 4.98 Å². The van der Waals surface area contributed by atoms with Crippen molar-refractivity contribution in [3.63, 3.8) is 0 Å². The van der Waals surface area contributed by atoms with Gasteiger partial charge in [0.2, 0.25) is 0 Å². The zero-order chi connectivity index (χ0) is 19.2. The number of carbonyl (C=O) groups is 1. The Morgan fingerprint density at radius 2 is 2.00 bits per heavy atom. The van der Waals surface area contributed by atoms with E-state index in [0.29, 0.717) is 24.7 Å². The molecule has 7 heteroatoms. The number of aromatic nitrogens is 1. The maximum Gasteiger partial charge on any atom is 0.335 e. The molecule has 6 nitrogen and oxygen atoms in total. The van der Waals surface area contributed by atoms with Crippen molar-refractivity contribution in [3.8, 4) is 11.5 Å². The van der Waals surface area contributed by atoms with E-state index in [-0.39, 0.29) is 5.56 Å². The van der Waals surface area contributed by atoms with E-state index in [1.54, 1.807) is 42.2 Å². The predicted octanol–water partition coefficient (Wildman–Crippen LogP) is 4.59. The highest BCUT2D eigenvalue weighted by atomic mass is 32.1. The lowest BCUT2D eigenvalue weighted by Gasteiger charge is -2.25. The Morgan fingerprint density at radius 3 is 2.67 bits per heavy atom. The van der Waals surface area contributed by atoms with Crippen LogP contribution in [0.3, 0.4) is 0 Å². The summed E-state index contributed by atoms with van der Waals surface area (Å²) in [6.45, 7) is 3.02. The van der Waals surface area contributed by atoms with Crippen molar-refractivity contribution in [2.45, 2.75) is 13.5 Å². The van der Waals surface area contributed by atoms with Crippen LogP contribution < -0.4 is 14.4 Å². The average Bonchev–Trinajstić information content (AvgIpc) is 3.20. The molecule has 0 aliphatic rings. The van der Waals surface area contributed by atoms with E-state index < -0.39 is 5.97 Å². The zero-order valence-corrected chi connectivity index (χ0v) is 15.9. The third-order valence-corrected chi connectivity index (χ3v) is 4.73. The molecule has 140 valence electrons. The second-order valence-electron chi connectivity index (χ2n) is 5.68. The number of carboxylic acids is 1. The van der Waals surface area contributed by atoms with Crippen LogP contribution in [-0.4, -0.2) is 29.8 Å². The van der Waals surface area contributed by atoms with Crippen molar-refractivity contribution in [2.75, 3.05) is 18.6 Å². The van der Waals surface area contributed by atoms with E-state index in [4.69, 9.17) is 9.47 Å². The molecule has 0 aliphatic carbocycles. The Kier molecular flexibility index (Phi) is 5.93. The van der Waals surface area contributed by atoms with Crippen LogP contribution in [0, 0.1) is 0 Å². The van der Waals surface area contributed by atoms with Crippen molar-refractivity contribution in [2.24, 2.45) is 0 Å². The lowest BCUT2D eigenvalue weighted by atomic mass is 10.1. The van der Waals surface area contributed by atoms with Gasteiger partial charge in [-0.15, -0.1) is 11.3 Å². The number of thiazole rings is 1. The highest BCUT2D eigenvalue weighted by Gasteiger charge is 2.16. The van der Waals surface area contributed by atoms with E-state index in [9.17, 15) is 9.90 Å². The number of benzene rings is 2. The second kappa shape index (κ2) is 8.55. The molecule has 27 heavy (non-hydrogen) atoms. The van der Waals surface area contributed by atoms with Crippen molar-refractivity contribution in [3.05, 3.63) is 64.6 Å². The molecule has 0 amide bonds. The number of aromatic carboxylic acids is 1. The van der Waals surface area contributed by atoms with E-state index in [0.717, 1.165) is 16.3 Å². The summed E-state index contributed by atoms with van der Waals surface area (Å²) < 4.78 is 11.1. The van der Waals surface area contributed by atoms with Crippen molar-refractivity contribution in [1.29, 1.82) is 0 Å². The van der Waals surface area contributed by atoms with Crippen LogP contribution in [0.5, 0.6) is 11.5 Å². The van der Waals surface area contributed by atoms with Crippen LogP contribution in [0.2, 0.25) is 0 Å². The normalized spacial score (nSPS) is 10.4. The molecule has 0 fully saturated rings. The van der Waals surface area contributed by atoms with Gasteiger partial charge >= 0.3 is 5.97 Å². The van der Waals surface area contributed by atoms with Gasteiger partial charge in [0, 0.05) is 28.5 Å². The zero-order valence-electron chi connectivity index (χ0n) is 15.1. The summed E-state index contributed by atoms with van der Waals surface area (Å²) >= 11 is 1.55. The van der Waals surface area contributed by atoms with Gasteiger partial charge in [0.1, 0.15) is 0 Å². The van der Waals surface area contributed by atoms with Crippen LogP contribution in [0.15, 0.2) is 54.2 Å². The first kappa shape index (κ1) is 18.7. The summed E-state index contributed by atoms with van der Waals surface area (Å²) in [4.78, 5) is 18.6. The van der Waals surface area contributed by atoms with Gasteiger partial charge in [0.25, 0.3) is 0 Å². The fraction of sp³-hybridized carbons (Fsp3) is 0.200. The number of nitrogens with zero attached hydrogens (tertiary/aromatic N) is 2. The number of methoxy groups -OCH3 is 1.